The highest BCUT2D eigenvalue weighted by Gasteiger charge is 2.15. The molecule has 3 rings (SSSR count). The van der Waals surface area contributed by atoms with E-state index < -0.39 is 6.10 Å². The van der Waals surface area contributed by atoms with Gasteiger partial charge in [-0.2, -0.15) is 0 Å². The summed E-state index contributed by atoms with van der Waals surface area (Å²) in [6, 6.07) is 16.5. The van der Waals surface area contributed by atoms with Crippen LogP contribution in [0.1, 0.15) is 12.7 Å². The number of benzene rings is 1. The van der Waals surface area contributed by atoms with Crippen LogP contribution in [-0.4, -0.2) is 12.0 Å². The van der Waals surface area contributed by atoms with Crippen LogP contribution in [0.2, 0.25) is 0 Å². The number of ether oxygens (including phenoxy) is 1. The van der Waals surface area contributed by atoms with Crippen molar-refractivity contribution in [3.63, 3.8) is 0 Å². The number of rotatable bonds is 6. The van der Waals surface area contributed by atoms with Crippen LogP contribution in [0.4, 0.5) is 0 Å². The van der Waals surface area contributed by atoms with Gasteiger partial charge in [-0.25, -0.2) is 0 Å². The average Bonchev–Trinajstić information content (AvgIpc) is 3.24. The highest BCUT2D eigenvalue weighted by atomic mass is 16.5. The van der Waals surface area contributed by atoms with Crippen molar-refractivity contribution in [1.29, 1.82) is 0 Å². The van der Waals surface area contributed by atoms with Gasteiger partial charge >= 0.3 is 0 Å². The number of hydrogen-bond donors (Lipinski definition) is 1. The molecule has 2 heterocycles. The molecule has 0 bridgehead atoms. The summed E-state index contributed by atoms with van der Waals surface area (Å²) in [6.07, 6.45) is 0.999. The Bertz CT molecular complexity index is 746. The lowest BCUT2D eigenvalue weighted by Gasteiger charge is -2.14. The van der Waals surface area contributed by atoms with Crippen LogP contribution in [0.25, 0.3) is 11.5 Å². The molecule has 5 nitrogen and oxygen atoms in total. The summed E-state index contributed by atoms with van der Waals surface area (Å²) in [7, 11) is 0. The second-order valence-corrected chi connectivity index (χ2v) is 5.03. The largest absolute Gasteiger partial charge is 0.481 e. The molecule has 0 saturated carbocycles. The lowest BCUT2D eigenvalue weighted by atomic mass is 10.3. The molecule has 5 heteroatoms. The number of furan rings is 2. The van der Waals surface area contributed by atoms with E-state index in [4.69, 9.17) is 13.6 Å². The van der Waals surface area contributed by atoms with Gasteiger partial charge in [0.05, 0.1) is 12.8 Å². The number of hydrogen-bond acceptors (Lipinski definition) is 4. The summed E-state index contributed by atoms with van der Waals surface area (Å²) in [5.41, 5.74) is 0. The second kappa shape index (κ2) is 6.87. The molecule has 0 spiro atoms. The molecule has 0 aliphatic heterocycles. The molecule has 1 atom stereocenters. The Morgan fingerprint density at radius 1 is 1.09 bits per heavy atom. The summed E-state index contributed by atoms with van der Waals surface area (Å²) >= 11 is 0. The highest BCUT2D eigenvalue weighted by molar-refractivity contribution is 5.80. The number of para-hydroxylation sites is 1. The van der Waals surface area contributed by atoms with E-state index in [1.54, 1.807) is 25.3 Å². The van der Waals surface area contributed by atoms with E-state index in [9.17, 15) is 4.79 Å². The standard InChI is InChI=1S/C18H17NO4/c1-13(22-14-6-3-2-4-7-14)18(20)19-12-15-9-10-17(23-15)16-8-5-11-21-16/h2-11,13H,12H2,1H3,(H,19,20)/t13-/m0/s1. The maximum Gasteiger partial charge on any atom is 0.261 e. The zero-order valence-corrected chi connectivity index (χ0v) is 12.7. The van der Waals surface area contributed by atoms with Crippen LogP contribution < -0.4 is 10.1 Å². The van der Waals surface area contributed by atoms with E-state index in [1.165, 1.54) is 0 Å². The number of carbonyl (C=O) groups is 1. The van der Waals surface area contributed by atoms with Crippen molar-refractivity contribution in [1.82, 2.24) is 5.32 Å². The number of amides is 1. The van der Waals surface area contributed by atoms with Gasteiger partial charge in [0, 0.05) is 0 Å². The first-order valence-electron chi connectivity index (χ1n) is 7.34. The fourth-order valence-electron chi connectivity index (χ4n) is 2.10. The number of nitrogens with one attached hydrogen (secondary N) is 1. The lowest BCUT2D eigenvalue weighted by Crippen LogP contribution is -2.35. The summed E-state index contributed by atoms with van der Waals surface area (Å²) in [5, 5.41) is 2.79. The molecule has 0 aliphatic rings. The molecule has 118 valence electrons. The van der Waals surface area contributed by atoms with Crippen molar-refractivity contribution in [3.05, 3.63) is 66.6 Å². The smallest absolute Gasteiger partial charge is 0.261 e. The molecule has 1 N–H and O–H groups in total. The fraction of sp³-hybridized carbons (Fsp3) is 0.167. The minimum atomic E-state index is -0.586. The van der Waals surface area contributed by atoms with E-state index in [0.717, 1.165) is 0 Å². The Morgan fingerprint density at radius 2 is 1.91 bits per heavy atom. The molecular weight excluding hydrogens is 294 g/mol. The van der Waals surface area contributed by atoms with Crippen molar-refractivity contribution in [2.24, 2.45) is 0 Å². The minimum Gasteiger partial charge on any atom is -0.481 e. The first kappa shape index (κ1) is 15.0. The van der Waals surface area contributed by atoms with Gasteiger partial charge < -0.3 is 18.9 Å². The van der Waals surface area contributed by atoms with Crippen LogP contribution >= 0.6 is 0 Å². The van der Waals surface area contributed by atoms with Crippen molar-refractivity contribution in [2.45, 2.75) is 19.6 Å². The van der Waals surface area contributed by atoms with Gasteiger partial charge in [0.25, 0.3) is 5.91 Å². The van der Waals surface area contributed by atoms with Crippen LogP contribution in [0, 0.1) is 0 Å². The molecule has 2 aromatic heterocycles. The predicted molar refractivity (Wildman–Crippen MR) is 84.8 cm³/mol. The minimum absolute atomic E-state index is 0.204. The highest BCUT2D eigenvalue weighted by Crippen LogP contribution is 2.22. The number of carbonyl (C=O) groups excluding carboxylic acids is 1. The molecule has 3 aromatic rings. The molecule has 0 fully saturated rings. The summed E-state index contributed by atoms with van der Waals surface area (Å²) in [4.78, 5) is 12.1. The van der Waals surface area contributed by atoms with Crippen molar-refractivity contribution >= 4 is 5.91 Å². The third kappa shape index (κ3) is 3.83. The van der Waals surface area contributed by atoms with Gasteiger partial charge in [-0.05, 0) is 43.3 Å². The van der Waals surface area contributed by atoms with Gasteiger partial charge in [-0.1, -0.05) is 18.2 Å². The van der Waals surface area contributed by atoms with Gasteiger partial charge in [-0.3, -0.25) is 4.79 Å². The van der Waals surface area contributed by atoms with E-state index >= 15 is 0 Å². The molecule has 0 unspecified atom stereocenters. The van der Waals surface area contributed by atoms with E-state index in [-0.39, 0.29) is 5.91 Å². The predicted octanol–water partition coefficient (Wildman–Crippen LogP) is 3.62. The quantitative estimate of drug-likeness (QED) is 0.755. The summed E-state index contributed by atoms with van der Waals surface area (Å²) in [6.45, 7) is 2.00. The Hall–Kier alpha value is -2.95. The average molecular weight is 311 g/mol. The van der Waals surface area contributed by atoms with Crippen LogP contribution in [0.3, 0.4) is 0 Å². The zero-order chi connectivity index (χ0) is 16.1. The van der Waals surface area contributed by atoms with Gasteiger partial charge in [0.1, 0.15) is 11.5 Å². The van der Waals surface area contributed by atoms with Gasteiger partial charge in [-0.15, -0.1) is 0 Å². The third-order valence-electron chi connectivity index (χ3n) is 3.29. The Balaban J connectivity index is 1.52. The van der Waals surface area contributed by atoms with Gasteiger partial charge in [0.2, 0.25) is 0 Å². The van der Waals surface area contributed by atoms with E-state index in [1.807, 2.05) is 42.5 Å². The van der Waals surface area contributed by atoms with Crippen LogP contribution in [0.5, 0.6) is 5.75 Å². The van der Waals surface area contributed by atoms with Crippen LogP contribution in [-0.2, 0) is 11.3 Å². The SMILES string of the molecule is C[C@H](Oc1ccccc1)C(=O)NCc1ccc(-c2ccco2)o1. The summed E-state index contributed by atoms with van der Waals surface area (Å²) < 4.78 is 16.5. The molecule has 0 saturated heterocycles. The van der Waals surface area contributed by atoms with Crippen molar-refractivity contribution in [2.75, 3.05) is 0 Å². The monoisotopic (exact) mass is 311 g/mol. The zero-order valence-electron chi connectivity index (χ0n) is 12.7. The molecule has 0 radical (unpaired) electrons. The Kier molecular flexibility index (Phi) is 4.47. The second-order valence-electron chi connectivity index (χ2n) is 5.03. The lowest BCUT2D eigenvalue weighted by molar-refractivity contribution is -0.127. The maximum atomic E-state index is 12.1. The Labute approximate surface area is 133 Å². The van der Waals surface area contributed by atoms with E-state index in [2.05, 4.69) is 5.32 Å². The maximum absolute atomic E-state index is 12.1. The van der Waals surface area contributed by atoms with Crippen molar-refractivity contribution in [3.8, 4) is 17.3 Å². The Morgan fingerprint density at radius 3 is 2.65 bits per heavy atom. The molecule has 0 aliphatic carbocycles. The molecule has 23 heavy (non-hydrogen) atoms. The normalized spacial score (nSPS) is 11.9. The fourth-order valence-corrected chi connectivity index (χ4v) is 2.10. The first-order chi connectivity index (χ1) is 11.2. The van der Waals surface area contributed by atoms with Crippen LogP contribution in [0.15, 0.2) is 69.7 Å². The molecular formula is C18H17NO4. The molecule has 1 amide bonds. The summed E-state index contributed by atoms with van der Waals surface area (Å²) in [5.74, 6) is 2.39. The molecule has 1 aromatic carbocycles. The van der Waals surface area contributed by atoms with Gasteiger partial charge in [0.15, 0.2) is 17.6 Å². The van der Waals surface area contributed by atoms with E-state index in [0.29, 0.717) is 29.6 Å². The third-order valence-corrected chi connectivity index (χ3v) is 3.29. The first-order valence-corrected chi connectivity index (χ1v) is 7.34. The van der Waals surface area contributed by atoms with Crippen molar-refractivity contribution < 1.29 is 18.4 Å². The topological polar surface area (TPSA) is 64.6 Å².